The number of rotatable bonds is 1. The van der Waals surface area contributed by atoms with Crippen molar-refractivity contribution in [2.75, 3.05) is 5.73 Å². The van der Waals surface area contributed by atoms with Crippen molar-refractivity contribution in [2.45, 2.75) is 13.8 Å². The molecule has 2 aromatic rings. The van der Waals surface area contributed by atoms with Crippen molar-refractivity contribution in [2.24, 2.45) is 0 Å². The average Bonchev–Trinajstić information content (AvgIpc) is 2.62. The molecule has 0 aromatic carbocycles. The zero-order valence-electron chi connectivity index (χ0n) is 9.27. The standard InChI is InChI=1S/C10H9BrN6/c1-5-6(2)14-15-10(7(5)3-12)17-4-8(11)9(13)16-17/h4H,1-2H3,(H2,13,16). The second kappa shape index (κ2) is 4.14. The molecule has 86 valence electrons. The monoisotopic (exact) mass is 292 g/mol. The van der Waals surface area contributed by atoms with Crippen LogP contribution in [0.2, 0.25) is 0 Å². The summed E-state index contributed by atoms with van der Waals surface area (Å²) in [5.74, 6) is 0.724. The van der Waals surface area contributed by atoms with E-state index in [-0.39, 0.29) is 0 Å². The highest BCUT2D eigenvalue weighted by atomic mass is 79.9. The molecule has 0 aliphatic carbocycles. The molecular weight excluding hydrogens is 284 g/mol. The Bertz CT molecular complexity index is 605. The van der Waals surface area contributed by atoms with Gasteiger partial charge in [-0.3, -0.25) is 0 Å². The van der Waals surface area contributed by atoms with Crippen LogP contribution in [-0.4, -0.2) is 20.0 Å². The van der Waals surface area contributed by atoms with Gasteiger partial charge in [-0.25, -0.2) is 4.68 Å². The summed E-state index contributed by atoms with van der Waals surface area (Å²) in [7, 11) is 0. The van der Waals surface area contributed by atoms with E-state index in [0.29, 0.717) is 21.7 Å². The number of nitriles is 1. The molecule has 0 spiro atoms. The van der Waals surface area contributed by atoms with Gasteiger partial charge in [0, 0.05) is 6.20 Å². The molecule has 0 aliphatic rings. The first-order valence-electron chi connectivity index (χ1n) is 4.79. The normalized spacial score (nSPS) is 10.2. The molecule has 17 heavy (non-hydrogen) atoms. The van der Waals surface area contributed by atoms with Crippen molar-refractivity contribution in [3.8, 4) is 11.9 Å². The Hall–Kier alpha value is -1.94. The average molecular weight is 293 g/mol. The third kappa shape index (κ3) is 1.87. The van der Waals surface area contributed by atoms with E-state index in [1.54, 1.807) is 13.1 Å². The SMILES string of the molecule is Cc1nnc(-n2cc(Br)c(N)n2)c(C#N)c1C. The molecule has 0 aliphatic heterocycles. The molecule has 2 aromatic heterocycles. The summed E-state index contributed by atoms with van der Waals surface area (Å²) in [5, 5.41) is 21.2. The van der Waals surface area contributed by atoms with E-state index in [4.69, 9.17) is 11.0 Å². The van der Waals surface area contributed by atoms with Gasteiger partial charge in [-0.2, -0.15) is 10.4 Å². The molecule has 2 heterocycles. The Balaban J connectivity index is 2.68. The number of nitrogens with zero attached hydrogens (tertiary/aromatic N) is 5. The number of hydrogen-bond acceptors (Lipinski definition) is 5. The van der Waals surface area contributed by atoms with Gasteiger partial charge in [0.25, 0.3) is 0 Å². The Morgan fingerprint density at radius 3 is 2.65 bits per heavy atom. The highest BCUT2D eigenvalue weighted by molar-refractivity contribution is 9.10. The summed E-state index contributed by atoms with van der Waals surface area (Å²) in [4.78, 5) is 0. The molecule has 0 radical (unpaired) electrons. The maximum Gasteiger partial charge on any atom is 0.194 e. The molecule has 0 fully saturated rings. The molecule has 7 heteroatoms. The fourth-order valence-electron chi connectivity index (χ4n) is 1.36. The van der Waals surface area contributed by atoms with Crippen molar-refractivity contribution < 1.29 is 0 Å². The fourth-order valence-corrected chi connectivity index (χ4v) is 1.64. The fraction of sp³-hybridized carbons (Fsp3) is 0.200. The van der Waals surface area contributed by atoms with Crippen LogP contribution in [0.4, 0.5) is 5.82 Å². The van der Waals surface area contributed by atoms with Crippen molar-refractivity contribution >= 4 is 21.7 Å². The first kappa shape index (κ1) is 11.5. The highest BCUT2D eigenvalue weighted by Gasteiger charge is 2.14. The first-order valence-corrected chi connectivity index (χ1v) is 5.59. The summed E-state index contributed by atoms with van der Waals surface area (Å²) in [6.45, 7) is 3.63. The third-order valence-corrected chi connectivity index (χ3v) is 3.07. The lowest BCUT2D eigenvalue weighted by Crippen LogP contribution is -2.07. The second-order valence-electron chi connectivity index (χ2n) is 3.53. The van der Waals surface area contributed by atoms with Crippen LogP contribution in [0.25, 0.3) is 5.82 Å². The van der Waals surface area contributed by atoms with E-state index in [1.807, 2.05) is 6.92 Å². The predicted molar refractivity (Wildman–Crippen MR) is 65.5 cm³/mol. The Labute approximate surface area is 106 Å². The zero-order chi connectivity index (χ0) is 12.6. The van der Waals surface area contributed by atoms with Gasteiger partial charge in [0.2, 0.25) is 0 Å². The first-order chi connectivity index (χ1) is 8.04. The van der Waals surface area contributed by atoms with Gasteiger partial charge >= 0.3 is 0 Å². The van der Waals surface area contributed by atoms with E-state index < -0.39 is 0 Å². The molecule has 6 nitrogen and oxygen atoms in total. The molecule has 0 saturated carbocycles. The zero-order valence-corrected chi connectivity index (χ0v) is 10.9. The largest absolute Gasteiger partial charge is 0.381 e. The molecule has 0 saturated heterocycles. The number of nitrogens with two attached hydrogens (primary N) is 1. The summed E-state index contributed by atoms with van der Waals surface area (Å²) in [5.41, 5.74) is 7.60. The molecule has 0 atom stereocenters. The van der Waals surface area contributed by atoms with Gasteiger partial charge in [-0.15, -0.1) is 10.2 Å². The van der Waals surface area contributed by atoms with Crippen LogP contribution in [0.15, 0.2) is 10.7 Å². The van der Waals surface area contributed by atoms with Crippen LogP contribution >= 0.6 is 15.9 Å². The summed E-state index contributed by atoms with van der Waals surface area (Å²) < 4.78 is 2.10. The van der Waals surface area contributed by atoms with Gasteiger partial charge in [-0.1, -0.05) is 0 Å². The minimum Gasteiger partial charge on any atom is -0.381 e. The summed E-state index contributed by atoms with van der Waals surface area (Å²) >= 11 is 3.25. The topological polar surface area (TPSA) is 93.4 Å². The van der Waals surface area contributed by atoms with Crippen LogP contribution in [-0.2, 0) is 0 Å². The third-order valence-electron chi connectivity index (χ3n) is 2.46. The second-order valence-corrected chi connectivity index (χ2v) is 4.38. The van der Waals surface area contributed by atoms with E-state index in [2.05, 4.69) is 37.3 Å². The van der Waals surface area contributed by atoms with Crippen molar-refractivity contribution in [3.63, 3.8) is 0 Å². The maximum absolute atomic E-state index is 9.16. The predicted octanol–water partition coefficient (Wildman–Crippen LogP) is 1.50. The highest BCUT2D eigenvalue weighted by Crippen LogP contribution is 2.21. The van der Waals surface area contributed by atoms with E-state index in [0.717, 1.165) is 11.3 Å². The Morgan fingerprint density at radius 1 is 1.41 bits per heavy atom. The van der Waals surface area contributed by atoms with Crippen LogP contribution in [0.1, 0.15) is 16.8 Å². The van der Waals surface area contributed by atoms with E-state index >= 15 is 0 Å². The molecule has 0 unspecified atom stereocenters. The van der Waals surface area contributed by atoms with Crippen LogP contribution < -0.4 is 5.73 Å². The van der Waals surface area contributed by atoms with Crippen molar-refractivity contribution in [1.82, 2.24) is 20.0 Å². The van der Waals surface area contributed by atoms with Gasteiger partial charge in [0.15, 0.2) is 11.6 Å². The lowest BCUT2D eigenvalue weighted by atomic mass is 10.1. The smallest absolute Gasteiger partial charge is 0.194 e. The number of aromatic nitrogens is 4. The van der Waals surface area contributed by atoms with E-state index in [1.165, 1.54) is 4.68 Å². The molecule has 0 bridgehead atoms. The molecule has 0 amide bonds. The molecule has 2 rings (SSSR count). The van der Waals surface area contributed by atoms with Crippen molar-refractivity contribution in [1.29, 1.82) is 5.26 Å². The minimum atomic E-state index is 0.342. The summed E-state index contributed by atoms with van der Waals surface area (Å²) in [6.07, 6.45) is 1.65. The van der Waals surface area contributed by atoms with Gasteiger partial charge < -0.3 is 5.73 Å². The lowest BCUT2D eigenvalue weighted by Gasteiger charge is -2.06. The number of aryl methyl sites for hydroxylation is 1. The van der Waals surface area contributed by atoms with Crippen LogP contribution in [0.3, 0.4) is 0 Å². The molecular formula is C10H9BrN6. The van der Waals surface area contributed by atoms with Gasteiger partial charge in [0.05, 0.1) is 10.2 Å². The van der Waals surface area contributed by atoms with Crippen LogP contribution in [0.5, 0.6) is 0 Å². The van der Waals surface area contributed by atoms with Gasteiger partial charge in [0.1, 0.15) is 11.6 Å². The Kier molecular flexibility index (Phi) is 2.81. The van der Waals surface area contributed by atoms with Gasteiger partial charge in [-0.05, 0) is 35.3 Å². The number of anilines is 1. The van der Waals surface area contributed by atoms with Crippen molar-refractivity contribution in [3.05, 3.63) is 27.5 Å². The summed E-state index contributed by atoms with van der Waals surface area (Å²) in [6, 6.07) is 2.11. The maximum atomic E-state index is 9.16. The Morgan fingerprint density at radius 2 is 2.12 bits per heavy atom. The van der Waals surface area contributed by atoms with E-state index in [9.17, 15) is 0 Å². The minimum absolute atomic E-state index is 0.342. The lowest BCUT2D eigenvalue weighted by molar-refractivity contribution is 0.799. The number of nitrogen functional groups attached to an aromatic ring is 1. The number of halogens is 1. The van der Waals surface area contributed by atoms with Crippen LogP contribution in [0, 0.1) is 25.2 Å². The molecule has 2 N–H and O–H groups in total. The number of hydrogen-bond donors (Lipinski definition) is 1. The quantitative estimate of drug-likeness (QED) is 0.859.